The number of carbonyl (C=O) groups excluding carboxylic acids is 1. The first-order chi connectivity index (χ1) is 8.24. The summed E-state index contributed by atoms with van der Waals surface area (Å²) in [6, 6.07) is 9.66. The van der Waals surface area contributed by atoms with Crippen LogP contribution in [-0.2, 0) is 16.1 Å². The summed E-state index contributed by atoms with van der Waals surface area (Å²) in [6.07, 6.45) is 2.64. The number of unbranched alkanes of at least 4 members (excludes halogenated alkanes) is 1. The minimum absolute atomic E-state index is 0.203. The molecule has 1 aromatic carbocycles. The van der Waals surface area contributed by atoms with Crippen molar-refractivity contribution in [1.29, 1.82) is 0 Å². The zero-order chi connectivity index (χ0) is 12.5. The lowest BCUT2D eigenvalue weighted by atomic mass is 10.2. The van der Waals surface area contributed by atoms with Gasteiger partial charge in [0.2, 0.25) is 0 Å². The molecular weight excluding hydrogens is 282 g/mol. The first-order valence-electron chi connectivity index (χ1n) is 5.78. The molecule has 0 aromatic heterocycles. The molecule has 2 N–H and O–H groups in total. The van der Waals surface area contributed by atoms with Gasteiger partial charge in [0.25, 0.3) is 0 Å². The molecule has 0 fully saturated rings. The van der Waals surface area contributed by atoms with Crippen LogP contribution in [0.1, 0.15) is 24.8 Å². The van der Waals surface area contributed by atoms with Crippen molar-refractivity contribution < 1.29 is 9.53 Å². The van der Waals surface area contributed by atoms with Gasteiger partial charge in [-0.15, -0.1) is 0 Å². The number of benzene rings is 1. The molecule has 0 amide bonds. The Hall–Kier alpha value is -0.870. The molecule has 1 atom stereocenters. The maximum atomic E-state index is 11.6. The van der Waals surface area contributed by atoms with E-state index >= 15 is 0 Å². The van der Waals surface area contributed by atoms with Gasteiger partial charge in [-0.05, 0) is 24.9 Å². The molecule has 4 heteroatoms. The van der Waals surface area contributed by atoms with Gasteiger partial charge in [0.05, 0.1) is 0 Å². The maximum Gasteiger partial charge on any atom is 0.320 e. The lowest BCUT2D eigenvalue weighted by Gasteiger charge is -2.09. The third kappa shape index (κ3) is 5.84. The first kappa shape index (κ1) is 14.2. The standard InChI is InChI=1S/C13H18BrNO2/c14-12(8-4-5-9-15)13(16)17-10-11-6-2-1-3-7-11/h1-3,6-7,12H,4-5,8-10,15H2. The van der Waals surface area contributed by atoms with Crippen molar-refractivity contribution in [3.63, 3.8) is 0 Å². The highest BCUT2D eigenvalue weighted by molar-refractivity contribution is 9.10. The number of alkyl halides is 1. The van der Waals surface area contributed by atoms with Gasteiger partial charge < -0.3 is 10.5 Å². The third-order valence-corrected chi connectivity index (χ3v) is 3.22. The van der Waals surface area contributed by atoms with Gasteiger partial charge >= 0.3 is 5.97 Å². The number of carbonyl (C=O) groups is 1. The lowest BCUT2D eigenvalue weighted by Crippen LogP contribution is -2.17. The number of nitrogens with two attached hydrogens (primary N) is 1. The number of hydrogen-bond donors (Lipinski definition) is 1. The van der Waals surface area contributed by atoms with Crippen molar-refractivity contribution in [2.45, 2.75) is 30.7 Å². The number of hydrogen-bond acceptors (Lipinski definition) is 3. The monoisotopic (exact) mass is 299 g/mol. The van der Waals surface area contributed by atoms with E-state index in [1.54, 1.807) is 0 Å². The second-order valence-corrected chi connectivity index (χ2v) is 4.95. The summed E-state index contributed by atoms with van der Waals surface area (Å²) in [5.74, 6) is -0.203. The van der Waals surface area contributed by atoms with Gasteiger partial charge in [-0.2, -0.15) is 0 Å². The highest BCUT2D eigenvalue weighted by Gasteiger charge is 2.15. The lowest BCUT2D eigenvalue weighted by molar-refractivity contribution is -0.144. The largest absolute Gasteiger partial charge is 0.460 e. The van der Waals surface area contributed by atoms with Crippen LogP contribution in [-0.4, -0.2) is 17.3 Å². The zero-order valence-corrected chi connectivity index (χ0v) is 11.4. The summed E-state index contributed by atoms with van der Waals surface area (Å²) in [7, 11) is 0. The predicted molar refractivity (Wildman–Crippen MR) is 71.9 cm³/mol. The first-order valence-corrected chi connectivity index (χ1v) is 6.70. The molecule has 0 saturated carbocycles. The fraction of sp³-hybridized carbons (Fsp3) is 0.462. The minimum atomic E-state index is -0.224. The fourth-order valence-electron chi connectivity index (χ4n) is 1.40. The summed E-state index contributed by atoms with van der Waals surface area (Å²) < 4.78 is 5.20. The molecule has 0 heterocycles. The Morgan fingerprint density at radius 1 is 1.29 bits per heavy atom. The van der Waals surface area contributed by atoms with E-state index in [1.165, 1.54) is 0 Å². The van der Waals surface area contributed by atoms with Crippen LogP contribution >= 0.6 is 15.9 Å². The van der Waals surface area contributed by atoms with Crippen molar-refractivity contribution >= 4 is 21.9 Å². The molecule has 1 aromatic rings. The van der Waals surface area contributed by atoms with E-state index in [2.05, 4.69) is 15.9 Å². The third-order valence-electron chi connectivity index (χ3n) is 2.39. The molecule has 1 unspecified atom stereocenters. The van der Waals surface area contributed by atoms with Gasteiger partial charge in [-0.25, -0.2) is 0 Å². The molecule has 0 radical (unpaired) electrons. The second-order valence-electron chi connectivity index (χ2n) is 3.85. The minimum Gasteiger partial charge on any atom is -0.460 e. The zero-order valence-electron chi connectivity index (χ0n) is 9.77. The number of ether oxygens (including phenoxy) is 1. The summed E-state index contributed by atoms with van der Waals surface area (Å²) >= 11 is 3.33. The number of rotatable bonds is 7. The molecule has 0 spiro atoms. The van der Waals surface area contributed by atoms with Gasteiger partial charge in [-0.1, -0.05) is 52.7 Å². The molecule has 0 aliphatic heterocycles. The average molecular weight is 300 g/mol. The maximum absolute atomic E-state index is 11.6. The predicted octanol–water partition coefficient (Wildman–Crippen LogP) is 2.62. The van der Waals surface area contributed by atoms with Crippen LogP contribution in [0.5, 0.6) is 0 Å². The van der Waals surface area contributed by atoms with Crippen LogP contribution in [0.2, 0.25) is 0 Å². The Labute approximate surface area is 110 Å². The molecular formula is C13H18BrNO2. The normalized spacial score (nSPS) is 12.1. The number of esters is 1. The topological polar surface area (TPSA) is 52.3 Å². The average Bonchev–Trinajstić information content (AvgIpc) is 2.37. The van der Waals surface area contributed by atoms with E-state index in [-0.39, 0.29) is 10.8 Å². The van der Waals surface area contributed by atoms with Crippen molar-refractivity contribution in [3.05, 3.63) is 35.9 Å². The van der Waals surface area contributed by atoms with Gasteiger partial charge in [0.1, 0.15) is 11.4 Å². The van der Waals surface area contributed by atoms with Crippen LogP contribution in [0, 0.1) is 0 Å². The molecule has 0 aliphatic carbocycles. The highest BCUT2D eigenvalue weighted by atomic mass is 79.9. The molecule has 0 saturated heterocycles. The Bertz CT molecular complexity index is 329. The Morgan fingerprint density at radius 3 is 2.65 bits per heavy atom. The molecule has 3 nitrogen and oxygen atoms in total. The Morgan fingerprint density at radius 2 is 2.00 bits per heavy atom. The second kappa shape index (κ2) is 8.25. The molecule has 0 bridgehead atoms. The molecule has 1 rings (SSSR count). The SMILES string of the molecule is NCCCCC(Br)C(=O)OCc1ccccc1. The molecule has 0 aliphatic rings. The van der Waals surface area contributed by atoms with E-state index in [4.69, 9.17) is 10.5 Å². The quantitative estimate of drug-likeness (QED) is 0.478. The molecule has 94 valence electrons. The van der Waals surface area contributed by atoms with E-state index < -0.39 is 0 Å². The van der Waals surface area contributed by atoms with Crippen LogP contribution in [0.25, 0.3) is 0 Å². The van der Waals surface area contributed by atoms with E-state index in [0.29, 0.717) is 13.2 Å². The van der Waals surface area contributed by atoms with E-state index in [0.717, 1.165) is 24.8 Å². The van der Waals surface area contributed by atoms with Crippen LogP contribution in [0.3, 0.4) is 0 Å². The Balaban J connectivity index is 2.24. The van der Waals surface area contributed by atoms with Gasteiger partial charge in [0.15, 0.2) is 0 Å². The van der Waals surface area contributed by atoms with E-state index in [9.17, 15) is 4.79 Å². The smallest absolute Gasteiger partial charge is 0.320 e. The van der Waals surface area contributed by atoms with Crippen molar-refractivity contribution in [2.24, 2.45) is 5.73 Å². The van der Waals surface area contributed by atoms with Crippen molar-refractivity contribution in [2.75, 3.05) is 6.54 Å². The Kier molecular flexibility index (Phi) is 6.89. The highest BCUT2D eigenvalue weighted by Crippen LogP contribution is 2.12. The molecule has 17 heavy (non-hydrogen) atoms. The van der Waals surface area contributed by atoms with Crippen LogP contribution in [0.4, 0.5) is 0 Å². The van der Waals surface area contributed by atoms with Crippen LogP contribution in [0.15, 0.2) is 30.3 Å². The summed E-state index contributed by atoms with van der Waals surface area (Å²) in [4.78, 5) is 11.4. The van der Waals surface area contributed by atoms with Gasteiger partial charge in [0, 0.05) is 0 Å². The van der Waals surface area contributed by atoms with Crippen molar-refractivity contribution in [3.8, 4) is 0 Å². The number of halogens is 1. The van der Waals surface area contributed by atoms with Crippen molar-refractivity contribution in [1.82, 2.24) is 0 Å². The van der Waals surface area contributed by atoms with Gasteiger partial charge in [-0.3, -0.25) is 4.79 Å². The van der Waals surface area contributed by atoms with Crippen LogP contribution < -0.4 is 5.73 Å². The summed E-state index contributed by atoms with van der Waals surface area (Å²) in [6.45, 7) is 0.997. The van der Waals surface area contributed by atoms with E-state index in [1.807, 2.05) is 30.3 Å². The summed E-state index contributed by atoms with van der Waals surface area (Å²) in [5, 5.41) is 0. The fourth-order valence-corrected chi connectivity index (χ4v) is 1.86. The summed E-state index contributed by atoms with van der Waals surface area (Å²) in [5.41, 5.74) is 6.40.